The number of hydrogen-bond acceptors (Lipinski definition) is 3. The van der Waals surface area contributed by atoms with Gasteiger partial charge in [-0.05, 0) is 42.3 Å². The Morgan fingerprint density at radius 2 is 2.00 bits per heavy atom. The number of benzene rings is 2. The van der Waals surface area contributed by atoms with Crippen molar-refractivity contribution in [1.82, 2.24) is 9.55 Å². The van der Waals surface area contributed by atoms with Crippen LogP contribution in [0.25, 0.3) is 0 Å². The molecule has 3 rings (SSSR count). The van der Waals surface area contributed by atoms with Crippen molar-refractivity contribution in [2.24, 2.45) is 0 Å². The van der Waals surface area contributed by atoms with E-state index >= 15 is 0 Å². The second-order valence-electron chi connectivity index (χ2n) is 5.49. The first-order valence-corrected chi connectivity index (χ1v) is 7.94. The van der Waals surface area contributed by atoms with E-state index in [-0.39, 0.29) is 18.5 Å². The molecular weight excluding hydrogens is 357 g/mol. The van der Waals surface area contributed by atoms with E-state index in [1.54, 1.807) is 18.6 Å². The monoisotopic (exact) mass is 373 g/mol. The Kier molecular flexibility index (Phi) is 6.46. The summed E-state index contributed by atoms with van der Waals surface area (Å²) in [6, 6.07) is 15.3. The molecule has 1 unspecified atom stereocenters. The van der Waals surface area contributed by atoms with E-state index < -0.39 is 0 Å². The summed E-state index contributed by atoms with van der Waals surface area (Å²) in [5.74, 6) is 0.581. The number of aromatic nitrogens is 2. The molecule has 0 N–H and O–H groups in total. The third kappa shape index (κ3) is 4.76. The van der Waals surface area contributed by atoms with Crippen LogP contribution in [-0.2, 0) is 6.54 Å². The van der Waals surface area contributed by atoms with Crippen LogP contribution in [0.3, 0.4) is 0 Å². The number of halogens is 2. The maximum absolute atomic E-state index is 9.32. The van der Waals surface area contributed by atoms with Gasteiger partial charge in [-0.2, -0.15) is 5.26 Å². The lowest BCUT2D eigenvalue weighted by atomic mass is 10.1. The van der Waals surface area contributed by atoms with Crippen LogP contribution in [0.2, 0.25) is 5.02 Å². The van der Waals surface area contributed by atoms with Crippen LogP contribution in [-0.4, -0.2) is 9.55 Å². The zero-order valence-corrected chi connectivity index (χ0v) is 15.2. The number of nitriles is 1. The van der Waals surface area contributed by atoms with Gasteiger partial charge in [-0.15, -0.1) is 12.4 Å². The highest BCUT2D eigenvalue weighted by molar-refractivity contribution is 6.30. The minimum absolute atomic E-state index is 0. The molecule has 0 bridgehead atoms. The van der Waals surface area contributed by atoms with Gasteiger partial charge in [0.15, 0.2) is 0 Å². The van der Waals surface area contributed by atoms with Crippen molar-refractivity contribution in [1.29, 1.82) is 5.26 Å². The molecule has 3 aromatic rings. The Morgan fingerprint density at radius 3 is 2.64 bits per heavy atom. The van der Waals surface area contributed by atoms with Gasteiger partial charge in [-0.25, -0.2) is 4.98 Å². The van der Waals surface area contributed by atoms with E-state index in [1.165, 1.54) is 0 Å². The standard InChI is InChI=1S/C19H16ClN3O.ClH/c1-14(16-4-6-18(20)7-5-16)24-19-10-15(2-3-17(19)11-21)12-23-9-8-22-13-23;/h2-10,13-14H,12H2,1H3;1H. The number of imidazole rings is 1. The minimum atomic E-state index is -0.183. The predicted molar refractivity (Wildman–Crippen MR) is 100 cm³/mol. The second-order valence-corrected chi connectivity index (χ2v) is 5.93. The molecule has 0 aliphatic heterocycles. The fraction of sp³-hybridized carbons (Fsp3) is 0.158. The Morgan fingerprint density at radius 1 is 1.24 bits per heavy atom. The van der Waals surface area contributed by atoms with Crippen molar-refractivity contribution < 1.29 is 4.74 Å². The lowest BCUT2D eigenvalue weighted by Crippen LogP contribution is -2.05. The van der Waals surface area contributed by atoms with E-state index in [4.69, 9.17) is 16.3 Å². The molecule has 4 nitrogen and oxygen atoms in total. The normalized spacial score (nSPS) is 11.2. The molecule has 0 spiro atoms. The number of rotatable bonds is 5. The predicted octanol–water partition coefficient (Wildman–Crippen LogP) is 5.02. The van der Waals surface area contributed by atoms with E-state index in [9.17, 15) is 5.26 Å². The van der Waals surface area contributed by atoms with Gasteiger partial charge in [-0.1, -0.05) is 29.8 Å². The Balaban J connectivity index is 0.00000225. The van der Waals surface area contributed by atoms with Crippen LogP contribution < -0.4 is 4.74 Å². The molecule has 128 valence electrons. The van der Waals surface area contributed by atoms with Crippen molar-refractivity contribution in [2.45, 2.75) is 19.6 Å². The first kappa shape index (κ1) is 18.9. The van der Waals surface area contributed by atoms with Gasteiger partial charge in [0.05, 0.1) is 11.9 Å². The fourth-order valence-corrected chi connectivity index (χ4v) is 2.56. The summed E-state index contributed by atoms with van der Waals surface area (Å²) in [5.41, 5.74) is 2.57. The van der Waals surface area contributed by atoms with Crippen molar-refractivity contribution >= 4 is 24.0 Å². The molecule has 2 aromatic carbocycles. The maximum Gasteiger partial charge on any atom is 0.138 e. The van der Waals surface area contributed by atoms with E-state index in [2.05, 4.69) is 11.1 Å². The smallest absolute Gasteiger partial charge is 0.138 e. The largest absolute Gasteiger partial charge is 0.485 e. The molecule has 0 fully saturated rings. The molecule has 0 saturated heterocycles. The lowest BCUT2D eigenvalue weighted by Gasteiger charge is -2.17. The SMILES string of the molecule is CC(Oc1cc(Cn2ccnc2)ccc1C#N)c1ccc(Cl)cc1.Cl. The summed E-state index contributed by atoms with van der Waals surface area (Å²) in [6.07, 6.45) is 5.21. The lowest BCUT2D eigenvalue weighted by molar-refractivity contribution is 0.226. The van der Waals surface area contributed by atoms with Crippen LogP contribution >= 0.6 is 24.0 Å². The highest BCUT2D eigenvalue weighted by Gasteiger charge is 2.12. The van der Waals surface area contributed by atoms with Crippen molar-refractivity contribution in [3.8, 4) is 11.8 Å². The van der Waals surface area contributed by atoms with Crippen molar-refractivity contribution in [3.05, 3.63) is 82.9 Å². The molecule has 0 aliphatic carbocycles. The fourth-order valence-electron chi connectivity index (χ4n) is 2.44. The quantitative estimate of drug-likeness (QED) is 0.630. The third-order valence-electron chi connectivity index (χ3n) is 3.73. The van der Waals surface area contributed by atoms with Gasteiger partial charge in [0.2, 0.25) is 0 Å². The highest BCUT2D eigenvalue weighted by Crippen LogP contribution is 2.27. The Labute approximate surface area is 158 Å². The molecule has 1 heterocycles. The zero-order valence-electron chi connectivity index (χ0n) is 13.6. The summed E-state index contributed by atoms with van der Waals surface area (Å²) in [4.78, 5) is 4.04. The van der Waals surface area contributed by atoms with Crippen LogP contribution in [0, 0.1) is 11.3 Å². The van der Waals surface area contributed by atoms with E-state index in [0.717, 1.165) is 11.1 Å². The van der Waals surface area contributed by atoms with Crippen LogP contribution in [0.4, 0.5) is 0 Å². The summed E-state index contributed by atoms with van der Waals surface area (Å²) < 4.78 is 8.00. The van der Waals surface area contributed by atoms with Crippen LogP contribution in [0.1, 0.15) is 29.7 Å². The Bertz CT molecular complexity index is 855. The van der Waals surface area contributed by atoms with Crippen LogP contribution in [0.15, 0.2) is 61.2 Å². The average Bonchev–Trinajstić information content (AvgIpc) is 3.09. The molecule has 1 aromatic heterocycles. The molecule has 1 atom stereocenters. The van der Waals surface area contributed by atoms with Gasteiger partial charge in [0.25, 0.3) is 0 Å². The first-order valence-electron chi connectivity index (χ1n) is 7.56. The maximum atomic E-state index is 9.32. The molecule has 0 saturated carbocycles. The third-order valence-corrected chi connectivity index (χ3v) is 3.99. The summed E-state index contributed by atoms with van der Waals surface area (Å²) in [5, 5.41) is 10.0. The van der Waals surface area contributed by atoms with Gasteiger partial charge in [0, 0.05) is 24.0 Å². The van der Waals surface area contributed by atoms with Crippen LogP contribution in [0.5, 0.6) is 5.75 Å². The molecule has 0 amide bonds. The number of ether oxygens (including phenoxy) is 1. The zero-order chi connectivity index (χ0) is 16.9. The summed E-state index contributed by atoms with van der Waals surface area (Å²) in [7, 11) is 0. The van der Waals surface area contributed by atoms with Gasteiger partial charge >= 0.3 is 0 Å². The van der Waals surface area contributed by atoms with Crippen molar-refractivity contribution in [2.75, 3.05) is 0 Å². The van der Waals surface area contributed by atoms with E-state index in [1.807, 2.05) is 54.1 Å². The molecule has 0 radical (unpaired) electrons. The van der Waals surface area contributed by atoms with Gasteiger partial charge < -0.3 is 9.30 Å². The average molecular weight is 374 g/mol. The molecule has 0 aliphatic rings. The summed E-state index contributed by atoms with van der Waals surface area (Å²) >= 11 is 5.92. The number of hydrogen-bond donors (Lipinski definition) is 0. The highest BCUT2D eigenvalue weighted by atomic mass is 35.5. The van der Waals surface area contributed by atoms with Gasteiger partial charge in [-0.3, -0.25) is 0 Å². The van der Waals surface area contributed by atoms with E-state index in [0.29, 0.717) is 22.9 Å². The second kappa shape index (κ2) is 8.57. The van der Waals surface area contributed by atoms with Crippen molar-refractivity contribution in [3.63, 3.8) is 0 Å². The molecule has 25 heavy (non-hydrogen) atoms. The van der Waals surface area contributed by atoms with Gasteiger partial charge in [0.1, 0.15) is 17.9 Å². The first-order chi connectivity index (χ1) is 11.7. The Hall–Kier alpha value is -2.48. The topological polar surface area (TPSA) is 50.8 Å². The summed E-state index contributed by atoms with van der Waals surface area (Å²) in [6.45, 7) is 2.63. The molecule has 6 heteroatoms. The number of nitrogens with zero attached hydrogens (tertiary/aromatic N) is 3. The minimum Gasteiger partial charge on any atom is -0.485 e. The molecular formula is C19H17Cl2N3O.